The van der Waals surface area contributed by atoms with Gasteiger partial charge in [0.25, 0.3) is 0 Å². The fraction of sp³-hybridized carbons (Fsp3) is 0.625. The normalized spacial score (nSPS) is 17.8. The van der Waals surface area contributed by atoms with Crippen molar-refractivity contribution in [3.8, 4) is 0 Å². The number of hydrogen-bond donors (Lipinski definition) is 2. The van der Waals surface area contributed by atoms with Crippen LogP contribution in [0.25, 0.3) is 0 Å². The highest BCUT2D eigenvalue weighted by molar-refractivity contribution is 5.83. The van der Waals surface area contributed by atoms with Crippen molar-refractivity contribution in [1.82, 2.24) is 4.98 Å². The van der Waals surface area contributed by atoms with Crippen LogP contribution in [-0.4, -0.2) is 22.7 Å². The minimum absolute atomic E-state index is 0.410. The number of hydrogen-bond acceptors (Lipinski definition) is 4. The van der Waals surface area contributed by atoms with E-state index in [1.165, 1.54) is 12.8 Å². The van der Waals surface area contributed by atoms with E-state index in [4.69, 9.17) is 4.74 Å². The van der Waals surface area contributed by atoms with Crippen LogP contribution in [0.5, 0.6) is 0 Å². The molecule has 1 saturated carbocycles. The monoisotopic (exact) mass is 291 g/mol. The number of rotatable bonds is 4. The molecule has 0 aromatic carbocycles. The van der Waals surface area contributed by atoms with Gasteiger partial charge in [0.1, 0.15) is 11.4 Å². The molecular formula is C16H25N3O2. The summed E-state index contributed by atoms with van der Waals surface area (Å²) in [4.78, 5) is 15.9. The molecule has 0 saturated heterocycles. The van der Waals surface area contributed by atoms with Gasteiger partial charge in [-0.1, -0.05) is 6.92 Å². The van der Waals surface area contributed by atoms with Gasteiger partial charge in [0.15, 0.2) is 0 Å². The first-order valence-electron chi connectivity index (χ1n) is 7.41. The molecule has 0 radical (unpaired) electrons. The van der Waals surface area contributed by atoms with Crippen molar-refractivity contribution in [1.29, 1.82) is 0 Å². The molecule has 1 heterocycles. The summed E-state index contributed by atoms with van der Waals surface area (Å²) in [6, 6.07) is 4.11. The number of carbonyl (C=O) groups excluding carboxylic acids is 1. The van der Waals surface area contributed by atoms with E-state index in [9.17, 15) is 4.79 Å². The zero-order valence-electron chi connectivity index (χ0n) is 13.5. The van der Waals surface area contributed by atoms with Gasteiger partial charge < -0.3 is 10.1 Å². The van der Waals surface area contributed by atoms with Gasteiger partial charge in [-0.25, -0.2) is 9.78 Å². The van der Waals surface area contributed by atoms with Crippen molar-refractivity contribution < 1.29 is 9.53 Å². The van der Waals surface area contributed by atoms with Crippen LogP contribution in [0.15, 0.2) is 18.3 Å². The lowest BCUT2D eigenvalue weighted by molar-refractivity contribution is 0.0635. The van der Waals surface area contributed by atoms with Gasteiger partial charge >= 0.3 is 6.09 Å². The predicted molar refractivity (Wildman–Crippen MR) is 84.5 cm³/mol. The molecule has 1 atom stereocenters. The quantitative estimate of drug-likeness (QED) is 0.879. The molecule has 0 aliphatic heterocycles. The Morgan fingerprint density at radius 3 is 2.52 bits per heavy atom. The third-order valence-corrected chi connectivity index (χ3v) is 3.86. The van der Waals surface area contributed by atoms with E-state index in [1.807, 2.05) is 26.8 Å². The molecule has 0 spiro atoms. The van der Waals surface area contributed by atoms with Crippen LogP contribution in [0.1, 0.15) is 47.5 Å². The molecule has 1 unspecified atom stereocenters. The van der Waals surface area contributed by atoms with E-state index < -0.39 is 11.7 Å². The lowest BCUT2D eigenvalue weighted by Gasteiger charge is -2.21. The average molecular weight is 291 g/mol. The van der Waals surface area contributed by atoms with Crippen molar-refractivity contribution in [2.75, 3.05) is 10.6 Å². The van der Waals surface area contributed by atoms with Gasteiger partial charge in [-0.2, -0.15) is 0 Å². The average Bonchev–Trinajstić information content (AvgIpc) is 3.09. The summed E-state index contributed by atoms with van der Waals surface area (Å²) in [5, 5.41) is 6.08. The Labute approximate surface area is 126 Å². The van der Waals surface area contributed by atoms with Gasteiger partial charge in [0, 0.05) is 6.04 Å². The maximum absolute atomic E-state index is 11.6. The summed E-state index contributed by atoms with van der Waals surface area (Å²) in [6.45, 7) is 9.96. The highest BCUT2D eigenvalue weighted by Gasteiger charge is 2.42. The second-order valence-electron chi connectivity index (χ2n) is 7.08. The smallest absolute Gasteiger partial charge is 0.413 e. The third kappa shape index (κ3) is 4.62. The first-order valence-corrected chi connectivity index (χ1v) is 7.41. The van der Waals surface area contributed by atoms with Crippen molar-refractivity contribution in [3.63, 3.8) is 0 Å². The summed E-state index contributed by atoms with van der Waals surface area (Å²) in [5.41, 5.74) is 0.860. The van der Waals surface area contributed by atoms with Crippen LogP contribution in [-0.2, 0) is 4.74 Å². The maximum atomic E-state index is 11.6. The van der Waals surface area contributed by atoms with Crippen molar-refractivity contribution in [2.24, 2.45) is 5.41 Å². The number of pyridine rings is 1. The number of nitrogens with one attached hydrogen (secondary N) is 2. The zero-order chi connectivity index (χ0) is 15.7. The van der Waals surface area contributed by atoms with E-state index in [0.29, 0.717) is 17.3 Å². The van der Waals surface area contributed by atoms with E-state index >= 15 is 0 Å². The third-order valence-electron chi connectivity index (χ3n) is 3.86. The molecule has 1 fully saturated rings. The first kappa shape index (κ1) is 15.6. The Bertz CT molecular complexity index is 501. The number of carbonyl (C=O) groups is 1. The van der Waals surface area contributed by atoms with Crippen LogP contribution in [0.3, 0.4) is 0 Å². The fourth-order valence-electron chi connectivity index (χ4n) is 2.02. The van der Waals surface area contributed by atoms with Crippen LogP contribution in [0.4, 0.5) is 16.3 Å². The van der Waals surface area contributed by atoms with Gasteiger partial charge in [0.2, 0.25) is 0 Å². The standard InChI is InChI=1S/C16H25N3O2/c1-11(16(5)8-9-16)18-12-6-7-13(17-10-12)19-14(20)21-15(2,3)4/h6-7,10-11,18H,8-9H2,1-5H3,(H,17,19,20). The van der Waals surface area contributed by atoms with Crippen molar-refractivity contribution in [2.45, 2.75) is 59.1 Å². The summed E-state index contributed by atoms with van der Waals surface area (Å²) < 4.78 is 5.18. The number of amides is 1. The highest BCUT2D eigenvalue weighted by atomic mass is 16.6. The molecule has 5 nitrogen and oxygen atoms in total. The van der Waals surface area contributed by atoms with Crippen LogP contribution < -0.4 is 10.6 Å². The molecule has 5 heteroatoms. The molecule has 0 bridgehead atoms. The largest absolute Gasteiger partial charge is 0.444 e. The van der Waals surface area contributed by atoms with Crippen LogP contribution >= 0.6 is 0 Å². The molecule has 1 aromatic heterocycles. The first-order chi connectivity index (χ1) is 9.68. The summed E-state index contributed by atoms with van der Waals surface area (Å²) in [7, 11) is 0. The van der Waals surface area contributed by atoms with E-state index in [-0.39, 0.29) is 0 Å². The van der Waals surface area contributed by atoms with Gasteiger partial charge in [0.05, 0.1) is 11.9 Å². The minimum Gasteiger partial charge on any atom is -0.444 e. The number of aromatic nitrogens is 1. The van der Waals surface area contributed by atoms with Gasteiger partial charge in [-0.3, -0.25) is 5.32 Å². The molecule has 1 aromatic rings. The topological polar surface area (TPSA) is 63.2 Å². The minimum atomic E-state index is -0.513. The van der Waals surface area contributed by atoms with E-state index in [0.717, 1.165) is 5.69 Å². The summed E-state index contributed by atoms with van der Waals surface area (Å²) in [6.07, 6.45) is 3.78. The van der Waals surface area contributed by atoms with Crippen molar-refractivity contribution in [3.05, 3.63) is 18.3 Å². The second kappa shape index (κ2) is 5.54. The lowest BCUT2D eigenvalue weighted by Crippen LogP contribution is -2.27. The van der Waals surface area contributed by atoms with E-state index in [1.54, 1.807) is 12.3 Å². The molecule has 1 amide bonds. The Morgan fingerprint density at radius 1 is 1.38 bits per heavy atom. The van der Waals surface area contributed by atoms with Crippen LogP contribution in [0.2, 0.25) is 0 Å². The Balaban J connectivity index is 1.88. The molecule has 116 valence electrons. The highest BCUT2D eigenvalue weighted by Crippen LogP contribution is 2.48. The summed E-state index contributed by atoms with van der Waals surface area (Å²) in [5.74, 6) is 0.486. The van der Waals surface area contributed by atoms with Crippen LogP contribution in [0, 0.1) is 5.41 Å². The molecule has 2 N–H and O–H groups in total. The molecule has 2 rings (SSSR count). The summed E-state index contributed by atoms with van der Waals surface area (Å²) >= 11 is 0. The predicted octanol–water partition coefficient (Wildman–Crippen LogP) is 4.03. The zero-order valence-corrected chi connectivity index (χ0v) is 13.5. The number of anilines is 2. The van der Waals surface area contributed by atoms with E-state index in [2.05, 4.69) is 29.5 Å². The molecule has 21 heavy (non-hydrogen) atoms. The Hall–Kier alpha value is -1.78. The SMILES string of the molecule is CC(Nc1ccc(NC(=O)OC(C)(C)C)nc1)C1(C)CC1. The Kier molecular flexibility index (Phi) is 4.12. The van der Waals surface area contributed by atoms with Crippen molar-refractivity contribution >= 4 is 17.6 Å². The van der Waals surface area contributed by atoms with Gasteiger partial charge in [-0.05, 0) is 58.1 Å². The number of nitrogens with zero attached hydrogens (tertiary/aromatic N) is 1. The maximum Gasteiger partial charge on any atom is 0.413 e. The fourth-order valence-corrected chi connectivity index (χ4v) is 2.02. The number of ether oxygens (including phenoxy) is 1. The lowest BCUT2D eigenvalue weighted by atomic mass is 10.0. The Morgan fingerprint density at radius 2 is 2.05 bits per heavy atom. The molecule has 1 aliphatic carbocycles. The molecule has 1 aliphatic rings. The molecular weight excluding hydrogens is 266 g/mol. The second-order valence-corrected chi connectivity index (χ2v) is 7.08. The van der Waals surface area contributed by atoms with Gasteiger partial charge in [-0.15, -0.1) is 0 Å².